The Morgan fingerprint density at radius 2 is 2.29 bits per heavy atom. The lowest BCUT2D eigenvalue weighted by Gasteiger charge is -2.11. The molecule has 14 heavy (non-hydrogen) atoms. The largest absolute Gasteiger partial charge is 0.372 e. The summed E-state index contributed by atoms with van der Waals surface area (Å²) in [7, 11) is 2.13. The normalized spacial score (nSPS) is 22.8. The van der Waals surface area contributed by atoms with Crippen molar-refractivity contribution >= 4 is 0 Å². The van der Waals surface area contributed by atoms with E-state index in [2.05, 4.69) is 16.9 Å². The number of aromatic nitrogens is 1. The minimum absolute atomic E-state index is 0.410. The third-order valence-electron chi connectivity index (χ3n) is 2.58. The highest BCUT2D eigenvalue weighted by atomic mass is 16.5. The van der Waals surface area contributed by atoms with Gasteiger partial charge in [0.05, 0.1) is 12.7 Å². The summed E-state index contributed by atoms with van der Waals surface area (Å²) >= 11 is 0. The van der Waals surface area contributed by atoms with Gasteiger partial charge in [-0.1, -0.05) is 0 Å². The van der Waals surface area contributed by atoms with Crippen LogP contribution in [0.25, 0.3) is 0 Å². The van der Waals surface area contributed by atoms with Crippen molar-refractivity contribution in [3.8, 4) is 0 Å². The van der Waals surface area contributed by atoms with Crippen molar-refractivity contribution in [2.45, 2.75) is 19.1 Å². The molecule has 0 spiro atoms. The van der Waals surface area contributed by atoms with Gasteiger partial charge in [0, 0.05) is 25.5 Å². The van der Waals surface area contributed by atoms with Gasteiger partial charge in [-0.15, -0.1) is 0 Å². The predicted molar refractivity (Wildman–Crippen MR) is 54.9 cm³/mol. The Balaban J connectivity index is 1.78. The molecule has 0 saturated carbocycles. The Hall–Kier alpha value is -0.930. The average Bonchev–Trinajstić information content (AvgIpc) is 2.63. The second kappa shape index (κ2) is 4.53. The Morgan fingerprint density at radius 3 is 2.93 bits per heavy atom. The van der Waals surface area contributed by atoms with Crippen molar-refractivity contribution in [3.05, 3.63) is 30.1 Å². The molecule has 3 nitrogen and oxygen atoms in total. The SMILES string of the molecule is CN1CCC(OCc2ccncc2)C1. The average molecular weight is 192 g/mol. The first-order chi connectivity index (χ1) is 6.84. The van der Waals surface area contributed by atoms with E-state index in [4.69, 9.17) is 4.74 Å². The van der Waals surface area contributed by atoms with E-state index in [0.29, 0.717) is 12.7 Å². The molecule has 0 amide bonds. The van der Waals surface area contributed by atoms with Crippen molar-refractivity contribution in [1.29, 1.82) is 0 Å². The van der Waals surface area contributed by atoms with Crippen LogP contribution in [0.3, 0.4) is 0 Å². The number of rotatable bonds is 3. The molecule has 0 aromatic carbocycles. The maximum Gasteiger partial charge on any atom is 0.0722 e. The van der Waals surface area contributed by atoms with Crippen molar-refractivity contribution in [1.82, 2.24) is 9.88 Å². The van der Waals surface area contributed by atoms with Crippen LogP contribution >= 0.6 is 0 Å². The Bertz CT molecular complexity index is 276. The van der Waals surface area contributed by atoms with Crippen LogP contribution < -0.4 is 0 Å². The van der Waals surface area contributed by atoms with Gasteiger partial charge in [-0.05, 0) is 31.2 Å². The van der Waals surface area contributed by atoms with Crippen molar-refractivity contribution in [2.75, 3.05) is 20.1 Å². The summed E-state index contributed by atoms with van der Waals surface area (Å²) in [4.78, 5) is 6.28. The molecule has 0 N–H and O–H groups in total. The fourth-order valence-corrected chi connectivity index (χ4v) is 1.72. The minimum atomic E-state index is 0.410. The molecule has 0 aliphatic carbocycles. The zero-order chi connectivity index (χ0) is 9.80. The van der Waals surface area contributed by atoms with Gasteiger partial charge in [0.15, 0.2) is 0 Å². The van der Waals surface area contributed by atoms with Crippen LogP contribution in [0.4, 0.5) is 0 Å². The summed E-state index contributed by atoms with van der Waals surface area (Å²) in [6.45, 7) is 2.92. The molecule has 1 unspecified atom stereocenters. The van der Waals surface area contributed by atoms with Gasteiger partial charge in [0.1, 0.15) is 0 Å². The van der Waals surface area contributed by atoms with Gasteiger partial charge >= 0.3 is 0 Å². The predicted octanol–water partition coefficient (Wildman–Crippen LogP) is 1.30. The molecule has 1 aliphatic rings. The highest BCUT2D eigenvalue weighted by molar-refractivity contribution is 5.08. The van der Waals surface area contributed by atoms with Crippen molar-refractivity contribution in [2.24, 2.45) is 0 Å². The monoisotopic (exact) mass is 192 g/mol. The van der Waals surface area contributed by atoms with Gasteiger partial charge < -0.3 is 9.64 Å². The van der Waals surface area contributed by atoms with Gasteiger partial charge in [0.25, 0.3) is 0 Å². The molecule has 2 heterocycles. The second-order valence-electron chi connectivity index (χ2n) is 3.84. The first-order valence-corrected chi connectivity index (χ1v) is 5.03. The number of nitrogens with zero attached hydrogens (tertiary/aromatic N) is 2. The van der Waals surface area contributed by atoms with Crippen LogP contribution in [0.15, 0.2) is 24.5 Å². The van der Waals surface area contributed by atoms with Crippen LogP contribution in [0.5, 0.6) is 0 Å². The quantitative estimate of drug-likeness (QED) is 0.722. The molecule has 76 valence electrons. The number of likely N-dealkylation sites (tertiary alicyclic amines) is 1. The molecule has 1 saturated heterocycles. The van der Waals surface area contributed by atoms with Crippen LogP contribution in [0.2, 0.25) is 0 Å². The maximum atomic E-state index is 5.79. The summed E-state index contributed by atoms with van der Waals surface area (Å²) in [5.41, 5.74) is 1.20. The van der Waals surface area contributed by atoms with Crippen LogP contribution in [0, 0.1) is 0 Å². The lowest BCUT2D eigenvalue weighted by Crippen LogP contribution is -2.18. The third-order valence-corrected chi connectivity index (χ3v) is 2.58. The van der Waals surface area contributed by atoms with E-state index in [1.165, 1.54) is 5.56 Å². The van der Waals surface area contributed by atoms with Gasteiger partial charge in [-0.25, -0.2) is 0 Å². The molecule has 2 rings (SSSR count). The van der Waals surface area contributed by atoms with Crippen molar-refractivity contribution in [3.63, 3.8) is 0 Å². The Morgan fingerprint density at radius 1 is 1.50 bits per heavy atom. The van der Waals surface area contributed by atoms with E-state index >= 15 is 0 Å². The first-order valence-electron chi connectivity index (χ1n) is 5.03. The molecular formula is C11H16N2O. The van der Waals surface area contributed by atoms with Gasteiger partial charge in [0.2, 0.25) is 0 Å². The number of likely N-dealkylation sites (N-methyl/N-ethyl adjacent to an activating group) is 1. The highest BCUT2D eigenvalue weighted by Gasteiger charge is 2.19. The maximum absolute atomic E-state index is 5.79. The molecule has 3 heteroatoms. The van der Waals surface area contributed by atoms with E-state index in [0.717, 1.165) is 19.5 Å². The zero-order valence-corrected chi connectivity index (χ0v) is 8.52. The number of ether oxygens (including phenoxy) is 1. The minimum Gasteiger partial charge on any atom is -0.372 e. The molecular weight excluding hydrogens is 176 g/mol. The molecule has 0 bridgehead atoms. The van der Waals surface area contributed by atoms with E-state index in [-0.39, 0.29) is 0 Å². The first kappa shape index (κ1) is 9.62. The van der Waals surface area contributed by atoms with Crippen LogP contribution in [0.1, 0.15) is 12.0 Å². The third kappa shape index (κ3) is 2.53. The van der Waals surface area contributed by atoms with E-state index in [1.54, 1.807) is 12.4 Å². The van der Waals surface area contributed by atoms with Gasteiger partial charge in [-0.3, -0.25) is 4.98 Å². The second-order valence-corrected chi connectivity index (χ2v) is 3.84. The van der Waals surface area contributed by atoms with E-state index in [1.807, 2.05) is 12.1 Å². The number of hydrogen-bond acceptors (Lipinski definition) is 3. The summed E-state index contributed by atoms with van der Waals surface area (Å²) in [6, 6.07) is 4.00. The number of pyridine rings is 1. The van der Waals surface area contributed by atoms with Crippen LogP contribution in [-0.4, -0.2) is 36.1 Å². The molecule has 1 fully saturated rings. The fraction of sp³-hybridized carbons (Fsp3) is 0.545. The van der Waals surface area contributed by atoms with E-state index < -0.39 is 0 Å². The van der Waals surface area contributed by atoms with E-state index in [9.17, 15) is 0 Å². The molecule has 1 aromatic heterocycles. The standard InChI is InChI=1S/C11H16N2O/c1-13-7-4-11(8-13)14-9-10-2-5-12-6-3-10/h2-3,5-6,11H,4,7-9H2,1H3. The fourth-order valence-electron chi connectivity index (χ4n) is 1.72. The molecule has 0 radical (unpaired) electrons. The molecule has 1 atom stereocenters. The number of hydrogen-bond donors (Lipinski definition) is 0. The van der Waals surface area contributed by atoms with Crippen LogP contribution in [-0.2, 0) is 11.3 Å². The van der Waals surface area contributed by atoms with Gasteiger partial charge in [-0.2, -0.15) is 0 Å². The lowest BCUT2D eigenvalue weighted by molar-refractivity contribution is 0.0483. The summed E-state index contributed by atoms with van der Waals surface area (Å²) in [5.74, 6) is 0. The lowest BCUT2D eigenvalue weighted by atomic mass is 10.3. The highest BCUT2D eigenvalue weighted by Crippen LogP contribution is 2.12. The summed E-state index contributed by atoms with van der Waals surface area (Å²) in [6.07, 6.45) is 5.17. The Kier molecular flexibility index (Phi) is 3.11. The molecule has 1 aliphatic heterocycles. The summed E-state index contributed by atoms with van der Waals surface area (Å²) < 4.78 is 5.79. The summed E-state index contributed by atoms with van der Waals surface area (Å²) in [5, 5.41) is 0. The topological polar surface area (TPSA) is 25.4 Å². The molecule has 1 aromatic rings. The van der Waals surface area contributed by atoms with Crippen molar-refractivity contribution < 1.29 is 4.74 Å². The Labute approximate surface area is 84.7 Å². The zero-order valence-electron chi connectivity index (χ0n) is 8.52. The smallest absolute Gasteiger partial charge is 0.0722 e.